The van der Waals surface area contributed by atoms with Crippen molar-refractivity contribution in [3.63, 3.8) is 0 Å². The average Bonchev–Trinajstić information content (AvgIpc) is 2.77. The molecule has 2 fully saturated rings. The normalized spacial score (nSPS) is 37.5. The van der Waals surface area contributed by atoms with Crippen molar-refractivity contribution in [3.05, 3.63) is 0 Å². The lowest BCUT2D eigenvalue weighted by molar-refractivity contribution is -0.0264. The third-order valence-corrected chi connectivity index (χ3v) is 6.55. The minimum absolute atomic E-state index is 0.0727. The second kappa shape index (κ2) is 6.57. The summed E-state index contributed by atoms with van der Waals surface area (Å²) in [7, 11) is 2.30. The van der Waals surface area contributed by atoms with Gasteiger partial charge >= 0.3 is 0 Å². The standard InChI is InChI=1S/C18H31O2P/c1-13(7-5-11-17(2,3)20-21)14-9-10-15-16(19)8-6-12-18(14,15)4/h13-16,19H,6-10,12,21H2,1-4H3/t13?,14-,15?,16?,18-/m1/s1. The SMILES string of the molecule is CC(CC#CC(C)(C)OP)[C@H]1CCC2C(O)CCC[C@@]21C. The largest absolute Gasteiger partial charge is 0.393 e. The third kappa shape index (κ3) is 3.64. The first kappa shape index (κ1) is 17.3. The van der Waals surface area contributed by atoms with Crippen LogP contribution >= 0.6 is 9.47 Å². The zero-order valence-electron chi connectivity index (χ0n) is 14.0. The van der Waals surface area contributed by atoms with E-state index in [0.29, 0.717) is 23.2 Å². The fraction of sp³-hybridized carbons (Fsp3) is 0.889. The summed E-state index contributed by atoms with van der Waals surface area (Å²) >= 11 is 0. The highest BCUT2D eigenvalue weighted by Crippen LogP contribution is 2.58. The Hall–Kier alpha value is -0.0900. The second-order valence-electron chi connectivity index (χ2n) is 7.87. The molecule has 21 heavy (non-hydrogen) atoms. The molecule has 0 bridgehead atoms. The Morgan fingerprint density at radius 3 is 2.76 bits per heavy atom. The van der Waals surface area contributed by atoms with E-state index in [1.807, 2.05) is 13.8 Å². The molecular formula is C18H31O2P. The number of rotatable bonds is 3. The van der Waals surface area contributed by atoms with Crippen LogP contribution in [0, 0.1) is 35.0 Å². The van der Waals surface area contributed by atoms with Gasteiger partial charge in [-0.05, 0) is 62.7 Å². The topological polar surface area (TPSA) is 29.5 Å². The van der Waals surface area contributed by atoms with Crippen LogP contribution in [0.3, 0.4) is 0 Å². The van der Waals surface area contributed by atoms with Gasteiger partial charge in [0, 0.05) is 15.9 Å². The van der Waals surface area contributed by atoms with Crippen LogP contribution in [0.2, 0.25) is 0 Å². The number of hydrogen-bond acceptors (Lipinski definition) is 2. The molecule has 0 spiro atoms. The fourth-order valence-corrected chi connectivity index (χ4v) is 4.78. The van der Waals surface area contributed by atoms with Gasteiger partial charge in [0.1, 0.15) is 5.60 Å². The maximum Gasteiger partial charge on any atom is 0.126 e. The number of hydrogen-bond donors (Lipinski definition) is 1. The molecule has 0 amide bonds. The number of fused-ring (bicyclic) bond motifs is 1. The van der Waals surface area contributed by atoms with Crippen LogP contribution in [0.15, 0.2) is 0 Å². The van der Waals surface area contributed by atoms with E-state index in [9.17, 15) is 5.11 Å². The Morgan fingerprint density at radius 1 is 1.38 bits per heavy atom. The summed E-state index contributed by atoms with van der Waals surface area (Å²) in [6, 6.07) is 0. The van der Waals surface area contributed by atoms with Crippen molar-refractivity contribution in [3.8, 4) is 11.8 Å². The van der Waals surface area contributed by atoms with Gasteiger partial charge in [0.25, 0.3) is 0 Å². The molecule has 2 rings (SSSR count). The van der Waals surface area contributed by atoms with Gasteiger partial charge < -0.3 is 9.63 Å². The van der Waals surface area contributed by atoms with E-state index < -0.39 is 0 Å². The lowest BCUT2D eigenvalue weighted by atomic mass is 9.61. The van der Waals surface area contributed by atoms with E-state index in [1.165, 1.54) is 25.7 Å². The first-order valence-electron chi connectivity index (χ1n) is 8.36. The maximum atomic E-state index is 10.3. The summed E-state index contributed by atoms with van der Waals surface area (Å²) in [5, 5.41) is 10.3. The summed E-state index contributed by atoms with van der Waals surface area (Å²) in [5.74, 6) is 8.35. The van der Waals surface area contributed by atoms with Crippen molar-refractivity contribution in [2.45, 2.75) is 77.9 Å². The Balaban J connectivity index is 2.02. The van der Waals surface area contributed by atoms with Crippen molar-refractivity contribution in [1.29, 1.82) is 0 Å². The van der Waals surface area contributed by atoms with E-state index in [0.717, 1.165) is 12.8 Å². The van der Waals surface area contributed by atoms with Gasteiger partial charge in [-0.3, -0.25) is 0 Å². The lowest BCUT2D eigenvalue weighted by Gasteiger charge is -2.45. The molecule has 0 saturated heterocycles. The molecule has 1 N–H and O–H groups in total. The summed E-state index contributed by atoms with van der Waals surface area (Å²) in [4.78, 5) is 0. The summed E-state index contributed by atoms with van der Waals surface area (Å²) in [5.41, 5.74) is -0.0566. The highest BCUT2D eigenvalue weighted by atomic mass is 31.0. The maximum absolute atomic E-state index is 10.3. The van der Waals surface area contributed by atoms with Crippen LogP contribution in [0.25, 0.3) is 0 Å². The van der Waals surface area contributed by atoms with E-state index >= 15 is 0 Å². The van der Waals surface area contributed by atoms with Gasteiger partial charge in [-0.1, -0.05) is 32.1 Å². The van der Waals surface area contributed by atoms with Gasteiger partial charge in [-0.2, -0.15) is 0 Å². The van der Waals surface area contributed by atoms with Gasteiger partial charge in [0.2, 0.25) is 0 Å². The van der Waals surface area contributed by atoms with Crippen LogP contribution < -0.4 is 0 Å². The fourth-order valence-electron chi connectivity index (χ4n) is 4.72. The third-order valence-electron chi connectivity index (χ3n) is 5.96. The summed E-state index contributed by atoms with van der Waals surface area (Å²) < 4.78 is 5.27. The molecule has 3 heteroatoms. The molecule has 120 valence electrons. The molecule has 0 aromatic rings. The molecule has 0 aromatic carbocycles. The lowest BCUT2D eigenvalue weighted by Crippen LogP contribution is -2.41. The molecule has 2 saturated carbocycles. The second-order valence-corrected chi connectivity index (χ2v) is 8.10. The molecule has 2 aliphatic rings. The Bertz CT molecular complexity index is 423. The van der Waals surface area contributed by atoms with Crippen LogP contribution in [0.1, 0.15) is 66.2 Å². The van der Waals surface area contributed by atoms with Gasteiger partial charge in [0.15, 0.2) is 0 Å². The van der Waals surface area contributed by atoms with Crippen LogP contribution in [0.4, 0.5) is 0 Å². The zero-order chi connectivity index (χ0) is 15.7. The van der Waals surface area contributed by atoms with Crippen molar-refractivity contribution < 1.29 is 9.63 Å². The zero-order valence-corrected chi connectivity index (χ0v) is 15.1. The Morgan fingerprint density at radius 2 is 2.10 bits per heavy atom. The average molecular weight is 310 g/mol. The molecule has 0 radical (unpaired) electrons. The predicted octanol–water partition coefficient (Wildman–Crippen LogP) is 4.18. The van der Waals surface area contributed by atoms with Gasteiger partial charge in [0.05, 0.1) is 6.10 Å². The number of aliphatic hydroxyl groups is 1. The highest BCUT2D eigenvalue weighted by molar-refractivity contribution is 7.09. The predicted molar refractivity (Wildman–Crippen MR) is 90.6 cm³/mol. The summed E-state index contributed by atoms with van der Waals surface area (Å²) in [6.07, 6.45) is 6.76. The van der Waals surface area contributed by atoms with Crippen molar-refractivity contribution in [1.82, 2.24) is 0 Å². The minimum Gasteiger partial charge on any atom is -0.393 e. The molecule has 6 atom stereocenters. The van der Waals surface area contributed by atoms with Crippen LogP contribution in [-0.4, -0.2) is 16.8 Å². The molecule has 4 unspecified atom stereocenters. The number of aliphatic hydroxyl groups excluding tert-OH is 1. The molecule has 0 aliphatic heterocycles. The van der Waals surface area contributed by atoms with Gasteiger partial charge in [-0.15, -0.1) is 0 Å². The minimum atomic E-state index is -0.381. The van der Waals surface area contributed by atoms with E-state index in [2.05, 4.69) is 35.2 Å². The van der Waals surface area contributed by atoms with E-state index in [-0.39, 0.29) is 11.7 Å². The molecular weight excluding hydrogens is 279 g/mol. The van der Waals surface area contributed by atoms with Crippen LogP contribution in [-0.2, 0) is 4.52 Å². The first-order valence-corrected chi connectivity index (χ1v) is 8.83. The van der Waals surface area contributed by atoms with Crippen molar-refractivity contribution >= 4 is 9.47 Å². The first-order chi connectivity index (χ1) is 9.80. The van der Waals surface area contributed by atoms with Crippen LogP contribution in [0.5, 0.6) is 0 Å². The quantitative estimate of drug-likeness (QED) is 0.626. The molecule has 2 nitrogen and oxygen atoms in total. The van der Waals surface area contributed by atoms with E-state index in [1.54, 1.807) is 0 Å². The monoisotopic (exact) mass is 310 g/mol. The summed E-state index contributed by atoms with van der Waals surface area (Å²) in [6.45, 7) is 8.73. The van der Waals surface area contributed by atoms with Crippen molar-refractivity contribution in [2.75, 3.05) is 0 Å². The van der Waals surface area contributed by atoms with Gasteiger partial charge in [-0.25, -0.2) is 0 Å². The molecule has 2 aliphatic carbocycles. The smallest absolute Gasteiger partial charge is 0.126 e. The molecule has 0 heterocycles. The Kier molecular flexibility index (Phi) is 5.40. The highest BCUT2D eigenvalue weighted by Gasteiger charge is 2.51. The van der Waals surface area contributed by atoms with Crippen molar-refractivity contribution in [2.24, 2.45) is 23.2 Å². The van der Waals surface area contributed by atoms with E-state index in [4.69, 9.17) is 4.52 Å². The Labute approximate surface area is 132 Å². The molecule has 0 aromatic heterocycles.